The molecule has 318 valence electrons. The maximum atomic E-state index is 13.9. The number of fused-ring (bicyclic) bond motifs is 1. The predicted octanol–water partition coefficient (Wildman–Crippen LogP) is 6.50. The average molecular weight is 856 g/mol. The summed E-state index contributed by atoms with van der Waals surface area (Å²) in [7, 11) is -1.42. The van der Waals surface area contributed by atoms with Crippen LogP contribution in [0.3, 0.4) is 0 Å². The van der Waals surface area contributed by atoms with Gasteiger partial charge in [-0.15, -0.1) is 0 Å². The number of anilines is 4. The van der Waals surface area contributed by atoms with Gasteiger partial charge in [-0.3, -0.25) is 23.0 Å². The van der Waals surface area contributed by atoms with Gasteiger partial charge in [-0.05, 0) is 90.0 Å². The van der Waals surface area contributed by atoms with E-state index in [2.05, 4.69) is 25.8 Å². The normalized spacial score (nSPS) is 13.8. The maximum Gasteiger partial charge on any atom is 0.255 e. The summed E-state index contributed by atoms with van der Waals surface area (Å²) in [6, 6.07) is 20.1. The molecule has 1 aliphatic rings. The van der Waals surface area contributed by atoms with Crippen molar-refractivity contribution in [3.63, 3.8) is 0 Å². The highest BCUT2D eigenvalue weighted by Gasteiger charge is 2.27. The number of hydrogen-bond acceptors (Lipinski definition) is 11. The molecular weight excluding hydrogens is 803 g/mol. The molecule has 2 amide bonds. The molecule has 2 heterocycles. The quantitative estimate of drug-likeness (QED) is 0.111. The topological polar surface area (TPSA) is 172 Å². The number of nitrogens with one attached hydrogen (secondary N) is 3. The highest BCUT2D eigenvalue weighted by molar-refractivity contribution is 7.92. The van der Waals surface area contributed by atoms with Crippen LogP contribution in [0.2, 0.25) is 0 Å². The molecule has 0 bridgehead atoms. The molecule has 0 unspecified atom stereocenters. The van der Waals surface area contributed by atoms with E-state index in [1.54, 1.807) is 43.5 Å². The summed E-state index contributed by atoms with van der Waals surface area (Å²) in [6.07, 6.45) is 2.87. The Kier molecular flexibility index (Phi) is 13.5. The first kappa shape index (κ1) is 44.0. The molecule has 14 nitrogen and oxygen atoms in total. The zero-order valence-electron chi connectivity index (χ0n) is 35.3. The third kappa shape index (κ3) is 10.2. The third-order valence-corrected chi connectivity index (χ3v) is 13.0. The molecule has 1 fully saturated rings. The second-order valence-electron chi connectivity index (χ2n) is 15.7. The van der Waals surface area contributed by atoms with Crippen LogP contribution in [0.4, 0.5) is 23.0 Å². The van der Waals surface area contributed by atoms with Gasteiger partial charge < -0.3 is 25.4 Å². The number of aryl methyl sites for hydroxylation is 1. The highest BCUT2D eigenvalue weighted by atomic mass is 32.2. The van der Waals surface area contributed by atoms with E-state index < -0.39 is 20.8 Å². The zero-order chi connectivity index (χ0) is 43.4. The SMILES string of the molecule is CCN(c1cc(C(C)(C)C)cc(NC(=O)c2ccc(C)c(-c3ccc4nc(Nc5ccc(C(=O)NCCN6CCS(=O)CC6)c(OC)c5)ncc4c3)c2)c1OC)S(C)(=O)=O. The molecule has 0 aliphatic carbocycles. The minimum Gasteiger partial charge on any atom is -0.496 e. The summed E-state index contributed by atoms with van der Waals surface area (Å²) in [5.41, 5.74) is 6.01. The van der Waals surface area contributed by atoms with Gasteiger partial charge in [0.05, 0.1) is 42.9 Å². The summed E-state index contributed by atoms with van der Waals surface area (Å²) in [5.74, 6) is 1.72. The maximum absolute atomic E-state index is 13.9. The molecule has 0 spiro atoms. The third-order valence-electron chi connectivity index (χ3n) is 10.4. The molecule has 3 N–H and O–H groups in total. The van der Waals surface area contributed by atoms with Crippen LogP contribution in [0.15, 0.2) is 72.9 Å². The standard InChI is InChI=1S/C44H53N7O7S2/c1-9-51(60(8,55)56)38-25-32(44(3,4)5)24-37(40(38)58-7)48-41(52)30-11-10-28(2)35(23-30)29-12-15-36-31(22-29)27-46-43(49-36)47-33-13-14-34(39(26-33)57-6)42(53)45-16-17-50-18-20-59(54)21-19-50/h10-15,22-27H,9,16-21H2,1-8H3,(H,45,53)(H,48,52)(H,46,47,49). The lowest BCUT2D eigenvalue weighted by molar-refractivity contribution is 0.0945. The largest absolute Gasteiger partial charge is 0.496 e. The van der Waals surface area contributed by atoms with E-state index in [-0.39, 0.29) is 29.5 Å². The second kappa shape index (κ2) is 18.4. The van der Waals surface area contributed by atoms with Crippen LogP contribution in [0.1, 0.15) is 59.5 Å². The fourth-order valence-corrected chi connectivity index (χ4v) is 9.15. The Balaban J connectivity index is 1.18. The highest BCUT2D eigenvalue weighted by Crippen LogP contribution is 2.42. The number of hydrogen-bond donors (Lipinski definition) is 3. The Morgan fingerprint density at radius 2 is 1.70 bits per heavy atom. The van der Waals surface area contributed by atoms with Gasteiger partial charge in [-0.2, -0.15) is 0 Å². The van der Waals surface area contributed by atoms with E-state index in [1.807, 2.05) is 64.1 Å². The summed E-state index contributed by atoms with van der Waals surface area (Å²) >= 11 is 0. The molecule has 0 radical (unpaired) electrons. The lowest BCUT2D eigenvalue weighted by atomic mass is 9.86. The average Bonchev–Trinajstić information content (AvgIpc) is 3.20. The summed E-state index contributed by atoms with van der Waals surface area (Å²) in [6.45, 7) is 12.7. The lowest BCUT2D eigenvalue weighted by Crippen LogP contribution is -2.42. The number of sulfonamides is 1. The van der Waals surface area contributed by atoms with E-state index in [0.29, 0.717) is 70.0 Å². The Morgan fingerprint density at radius 1 is 0.950 bits per heavy atom. The van der Waals surface area contributed by atoms with Crippen LogP contribution >= 0.6 is 0 Å². The number of benzene rings is 4. The van der Waals surface area contributed by atoms with Gasteiger partial charge in [0.1, 0.15) is 5.75 Å². The molecule has 4 aromatic carbocycles. The van der Waals surface area contributed by atoms with Crippen molar-refractivity contribution in [1.82, 2.24) is 20.2 Å². The fraction of sp³-hybridized carbons (Fsp3) is 0.364. The van der Waals surface area contributed by atoms with Gasteiger partial charge in [0, 0.05) is 83.9 Å². The number of rotatable bonds is 14. The van der Waals surface area contributed by atoms with Gasteiger partial charge in [0.2, 0.25) is 16.0 Å². The number of methoxy groups -OCH3 is 2. The number of nitrogens with zero attached hydrogens (tertiary/aromatic N) is 4. The number of ether oxygens (including phenoxy) is 2. The fourth-order valence-electron chi connectivity index (χ4n) is 7.06. The molecule has 1 aromatic heterocycles. The molecule has 0 atom stereocenters. The van der Waals surface area contributed by atoms with Crippen molar-refractivity contribution in [2.24, 2.45) is 0 Å². The Bertz CT molecular complexity index is 2550. The van der Waals surface area contributed by atoms with Crippen LogP contribution in [-0.4, -0.2) is 104 Å². The zero-order valence-corrected chi connectivity index (χ0v) is 37.0. The van der Waals surface area contributed by atoms with Gasteiger partial charge in [-0.1, -0.05) is 32.9 Å². The predicted molar refractivity (Wildman–Crippen MR) is 240 cm³/mol. The molecular formula is C44H53N7O7S2. The van der Waals surface area contributed by atoms with Gasteiger partial charge in [0.15, 0.2) is 5.75 Å². The van der Waals surface area contributed by atoms with Gasteiger partial charge in [-0.25, -0.2) is 18.4 Å². The molecule has 5 aromatic rings. The van der Waals surface area contributed by atoms with Crippen LogP contribution in [0.5, 0.6) is 11.5 Å². The number of carbonyl (C=O) groups is 2. The first-order chi connectivity index (χ1) is 28.5. The van der Waals surface area contributed by atoms with E-state index in [1.165, 1.54) is 18.5 Å². The van der Waals surface area contributed by atoms with Crippen molar-refractivity contribution in [2.75, 3.05) is 79.6 Å². The van der Waals surface area contributed by atoms with Gasteiger partial charge >= 0.3 is 0 Å². The molecule has 16 heteroatoms. The minimum atomic E-state index is -3.64. The Hall–Kier alpha value is -5.58. The van der Waals surface area contributed by atoms with E-state index >= 15 is 0 Å². The van der Waals surface area contributed by atoms with Crippen LogP contribution in [-0.2, 0) is 26.2 Å². The van der Waals surface area contributed by atoms with Crippen LogP contribution < -0.4 is 29.7 Å². The monoisotopic (exact) mass is 855 g/mol. The van der Waals surface area contributed by atoms with Crippen molar-refractivity contribution in [1.29, 1.82) is 0 Å². The van der Waals surface area contributed by atoms with Crippen molar-refractivity contribution in [2.45, 2.75) is 40.0 Å². The van der Waals surface area contributed by atoms with E-state index in [4.69, 9.17) is 14.5 Å². The Morgan fingerprint density at radius 3 is 2.37 bits per heavy atom. The van der Waals surface area contributed by atoms with Crippen molar-refractivity contribution >= 4 is 66.6 Å². The summed E-state index contributed by atoms with van der Waals surface area (Å²) < 4.78 is 49.8. The molecule has 0 saturated carbocycles. The van der Waals surface area contributed by atoms with Gasteiger partial charge in [0.25, 0.3) is 11.8 Å². The van der Waals surface area contributed by atoms with Crippen molar-refractivity contribution in [3.8, 4) is 22.6 Å². The molecule has 6 rings (SSSR count). The van der Waals surface area contributed by atoms with Crippen LogP contribution in [0.25, 0.3) is 22.0 Å². The number of aromatic nitrogens is 2. The lowest BCUT2D eigenvalue weighted by Gasteiger charge is -2.28. The molecule has 1 saturated heterocycles. The Labute approximate surface area is 354 Å². The summed E-state index contributed by atoms with van der Waals surface area (Å²) in [5, 5.41) is 9.96. The molecule has 60 heavy (non-hydrogen) atoms. The number of amides is 2. The van der Waals surface area contributed by atoms with Crippen LogP contribution in [0, 0.1) is 6.92 Å². The van der Waals surface area contributed by atoms with Crippen molar-refractivity contribution in [3.05, 3.63) is 95.2 Å². The molecule has 1 aliphatic heterocycles. The van der Waals surface area contributed by atoms with E-state index in [9.17, 15) is 22.2 Å². The first-order valence-electron chi connectivity index (χ1n) is 19.7. The number of carbonyl (C=O) groups excluding carboxylic acids is 2. The minimum absolute atomic E-state index is 0.184. The van der Waals surface area contributed by atoms with Crippen molar-refractivity contribution < 1.29 is 31.7 Å². The first-order valence-corrected chi connectivity index (χ1v) is 23.0. The summed E-state index contributed by atoms with van der Waals surface area (Å²) in [4.78, 5) is 38.4. The second-order valence-corrected chi connectivity index (χ2v) is 19.3. The van der Waals surface area contributed by atoms with E-state index in [0.717, 1.165) is 47.0 Å². The smallest absolute Gasteiger partial charge is 0.255 e.